The van der Waals surface area contributed by atoms with Gasteiger partial charge in [-0.15, -0.1) is 0 Å². The third-order valence-electron chi connectivity index (χ3n) is 18.1. The number of esters is 1. The molecule has 2 heterocycles. The average molecular weight is 765 g/mol. The number of hydrogen-bond donors (Lipinski definition) is 1. The molecule has 0 radical (unpaired) electrons. The zero-order valence-electron chi connectivity index (χ0n) is 35.8. The van der Waals surface area contributed by atoms with Gasteiger partial charge in [0.1, 0.15) is 6.10 Å². The molecule has 308 valence electrons. The van der Waals surface area contributed by atoms with Crippen LogP contribution < -0.4 is 0 Å². The van der Waals surface area contributed by atoms with Crippen LogP contribution in [0.5, 0.6) is 0 Å². The minimum atomic E-state index is -1.14. The van der Waals surface area contributed by atoms with E-state index in [2.05, 4.69) is 68.4 Å². The fourth-order valence-electron chi connectivity index (χ4n) is 14.8. The van der Waals surface area contributed by atoms with E-state index in [9.17, 15) is 19.5 Å². The number of fused-ring (bicyclic) bond motifs is 7. The highest BCUT2D eigenvalue weighted by Gasteiger charge is 2.71. The first-order valence-electron chi connectivity index (χ1n) is 21.9. The van der Waals surface area contributed by atoms with Gasteiger partial charge in [0, 0.05) is 44.9 Å². The Labute approximate surface area is 330 Å². The highest BCUT2D eigenvalue weighted by molar-refractivity contribution is 5.81. The highest BCUT2D eigenvalue weighted by atomic mass is 16.5. The van der Waals surface area contributed by atoms with E-state index in [0.717, 1.165) is 57.7 Å². The topological polar surface area (TPSA) is 126 Å². The van der Waals surface area contributed by atoms with Crippen LogP contribution >= 0.6 is 0 Å². The zero-order valence-corrected chi connectivity index (χ0v) is 35.8. The number of hydrogen-bond acceptors (Lipinski definition) is 8. The zero-order chi connectivity index (χ0) is 39.9. The number of piperazine rings is 1. The highest BCUT2D eigenvalue weighted by Crippen LogP contribution is 2.78. The third kappa shape index (κ3) is 6.68. The summed E-state index contributed by atoms with van der Waals surface area (Å²) in [5, 5.41) is 13.7. The monoisotopic (exact) mass is 765 g/mol. The molecular weight excluding hydrogens is 693 g/mol. The maximum absolute atomic E-state index is 14.3. The van der Waals surface area contributed by atoms with Crippen molar-refractivity contribution in [2.45, 2.75) is 159 Å². The first-order chi connectivity index (χ1) is 25.7. The first-order valence-corrected chi connectivity index (χ1v) is 21.9. The van der Waals surface area contributed by atoms with Gasteiger partial charge in [-0.3, -0.25) is 19.3 Å². The van der Waals surface area contributed by atoms with E-state index < -0.39 is 11.4 Å². The predicted molar refractivity (Wildman–Crippen MR) is 210 cm³/mol. The fraction of sp³-hybridized carbons (Fsp3) is 0.889. The van der Waals surface area contributed by atoms with Crippen LogP contribution in [-0.2, 0) is 25.7 Å². The summed E-state index contributed by atoms with van der Waals surface area (Å²) >= 11 is 0. The maximum Gasteiger partial charge on any atom is 0.309 e. The van der Waals surface area contributed by atoms with Gasteiger partial charge >= 0.3 is 11.9 Å². The summed E-state index contributed by atoms with van der Waals surface area (Å²) in [6.07, 6.45) is 11.9. The normalized spacial score (nSPS) is 40.2. The molecule has 5 saturated carbocycles. The summed E-state index contributed by atoms with van der Waals surface area (Å²) in [5.74, 6) is 3.84. The van der Waals surface area contributed by atoms with Crippen LogP contribution in [0.15, 0.2) is 4.52 Å². The lowest BCUT2D eigenvalue weighted by Gasteiger charge is -2.73. The maximum atomic E-state index is 14.3. The van der Waals surface area contributed by atoms with Crippen molar-refractivity contribution < 1.29 is 28.8 Å². The van der Waals surface area contributed by atoms with E-state index in [1.165, 1.54) is 38.5 Å². The van der Waals surface area contributed by atoms with Crippen molar-refractivity contribution in [3.63, 3.8) is 0 Å². The molecule has 7 rings (SSSR count). The Bertz CT molecular complexity index is 1630. The first kappa shape index (κ1) is 40.7. The van der Waals surface area contributed by atoms with E-state index in [-0.39, 0.29) is 45.6 Å². The van der Waals surface area contributed by atoms with E-state index >= 15 is 0 Å². The van der Waals surface area contributed by atoms with Crippen LogP contribution in [0.25, 0.3) is 0 Å². The Morgan fingerprint density at radius 1 is 0.891 bits per heavy atom. The molecule has 0 bridgehead atoms. The van der Waals surface area contributed by atoms with Crippen molar-refractivity contribution in [1.82, 2.24) is 19.9 Å². The number of aromatic nitrogens is 2. The number of carboxylic acid groups (broad SMARTS) is 1. The van der Waals surface area contributed by atoms with Crippen LogP contribution in [0, 0.1) is 74.9 Å². The predicted octanol–water partition coefficient (Wildman–Crippen LogP) is 8.56. The van der Waals surface area contributed by atoms with Gasteiger partial charge in [-0.25, -0.2) is 0 Å². The molecular formula is C45H72N4O6. The molecule has 10 heteroatoms. The molecule has 0 aromatic carbocycles. The van der Waals surface area contributed by atoms with Crippen LogP contribution in [0.3, 0.4) is 0 Å². The fourth-order valence-corrected chi connectivity index (χ4v) is 14.8. The Kier molecular flexibility index (Phi) is 10.4. The second-order valence-electron chi connectivity index (χ2n) is 21.8. The Balaban J connectivity index is 1.07. The van der Waals surface area contributed by atoms with Crippen LogP contribution in [0.1, 0.15) is 151 Å². The molecule has 1 aliphatic heterocycles. The Morgan fingerprint density at radius 2 is 1.60 bits per heavy atom. The van der Waals surface area contributed by atoms with Gasteiger partial charge in [-0.2, -0.15) is 4.98 Å². The summed E-state index contributed by atoms with van der Waals surface area (Å²) in [4.78, 5) is 48.1. The molecule has 1 saturated heterocycles. The summed E-state index contributed by atoms with van der Waals surface area (Å²) in [6, 6.07) is 0. The SMILES string of the molecule is Cc1nc(CN2CCN(C(=O)C[C@]34CC[C@@H](C(C)C)[C@@H]3[C@H]3CC[C@@H]5[C@@]6(C)CC[C@H](OC(=O)CC(C)(C)C(=O)O)C(C)(C)[C@@H]6CC[C@@]5(C)[C@]3(C)CC4)CC2)no1. The molecule has 1 N–H and O–H groups in total. The standard InChI is InChI=1S/C45H72N4O6/c1-28(2)30-13-18-45(25-36(50)49-23-21-48(22-24-49)27-35-46-29(3)55-47-35)20-19-43(9)31(38(30)45)11-12-33-42(8)16-15-34(54-37(51)26-40(4,5)39(52)53)41(6,7)32(42)14-17-44(33,43)10/h28,30-34,38H,11-27H2,1-10H3,(H,52,53)/t30-,31+,32-,33+,34-,38+,42-,43+,44+,45+/m0/s1. The summed E-state index contributed by atoms with van der Waals surface area (Å²) in [7, 11) is 0. The summed E-state index contributed by atoms with van der Waals surface area (Å²) in [5.41, 5.74) is -0.665. The number of carbonyl (C=O) groups is 3. The average Bonchev–Trinajstić information content (AvgIpc) is 3.69. The number of ether oxygens (including phenoxy) is 1. The molecule has 6 fully saturated rings. The Morgan fingerprint density at radius 3 is 2.24 bits per heavy atom. The largest absolute Gasteiger partial charge is 0.481 e. The molecule has 1 amide bonds. The van der Waals surface area contributed by atoms with Gasteiger partial charge in [0.25, 0.3) is 0 Å². The number of carboxylic acids is 1. The van der Waals surface area contributed by atoms with Gasteiger partial charge in [-0.05, 0) is 135 Å². The Hall–Kier alpha value is -2.49. The molecule has 10 atom stereocenters. The lowest BCUT2D eigenvalue weighted by Crippen LogP contribution is -2.67. The molecule has 1 aromatic heterocycles. The number of nitrogens with zero attached hydrogens (tertiary/aromatic N) is 4. The quantitative estimate of drug-likeness (QED) is 0.246. The minimum absolute atomic E-state index is 0.0962. The number of amides is 1. The van der Waals surface area contributed by atoms with Gasteiger partial charge in [-0.1, -0.05) is 53.6 Å². The van der Waals surface area contributed by atoms with Crippen molar-refractivity contribution in [3.8, 4) is 0 Å². The smallest absolute Gasteiger partial charge is 0.309 e. The van der Waals surface area contributed by atoms with Gasteiger partial charge < -0.3 is 19.3 Å². The molecule has 10 nitrogen and oxygen atoms in total. The number of carbonyl (C=O) groups excluding carboxylic acids is 2. The summed E-state index contributed by atoms with van der Waals surface area (Å²) in [6.45, 7) is 26.4. The van der Waals surface area contributed by atoms with E-state index in [1.54, 1.807) is 13.8 Å². The third-order valence-corrected chi connectivity index (χ3v) is 18.1. The van der Waals surface area contributed by atoms with E-state index in [4.69, 9.17) is 9.26 Å². The number of aliphatic carboxylic acids is 1. The van der Waals surface area contributed by atoms with Crippen molar-refractivity contribution in [1.29, 1.82) is 0 Å². The number of rotatable bonds is 9. The van der Waals surface area contributed by atoms with E-state index in [1.807, 2.05) is 6.92 Å². The van der Waals surface area contributed by atoms with Crippen LogP contribution in [-0.4, -0.2) is 75.2 Å². The van der Waals surface area contributed by atoms with Gasteiger partial charge in [0.05, 0.1) is 18.4 Å². The van der Waals surface area contributed by atoms with Gasteiger partial charge in [0.15, 0.2) is 5.82 Å². The van der Waals surface area contributed by atoms with Crippen molar-refractivity contribution in [3.05, 3.63) is 11.7 Å². The minimum Gasteiger partial charge on any atom is -0.481 e. The molecule has 0 unspecified atom stereocenters. The summed E-state index contributed by atoms with van der Waals surface area (Å²) < 4.78 is 11.4. The lowest BCUT2D eigenvalue weighted by atomic mass is 9.32. The van der Waals surface area contributed by atoms with Crippen molar-refractivity contribution >= 4 is 17.8 Å². The second-order valence-corrected chi connectivity index (χ2v) is 21.8. The molecule has 1 aromatic rings. The molecule has 55 heavy (non-hydrogen) atoms. The van der Waals surface area contributed by atoms with Crippen LogP contribution in [0.4, 0.5) is 0 Å². The molecule has 6 aliphatic rings. The molecule has 5 aliphatic carbocycles. The molecule has 0 spiro atoms. The second kappa shape index (κ2) is 14.1. The lowest BCUT2D eigenvalue weighted by molar-refractivity contribution is -0.252. The van der Waals surface area contributed by atoms with Crippen molar-refractivity contribution in [2.24, 2.45) is 68.0 Å². The van der Waals surface area contributed by atoms with E-state index in [0.29, 0.717) is 60.3 Å². The van der Waals surface area contributed by atoms with Crippen LogP contribution in [0.2, 0.25) is 0 Å². The van der Waals surface area contributed by atoms with Gasteiger partial charge in [0.2, 0.25) is 11.8 Å². The van der Waals surface area contributed by atoms with Crippen molar-refractivity contribution in [2.75, 3.05) is 26.2 Å². The number of aryl methyl sites for hydroxylation is 1.